The molecule has 1 aromatic carbocycles. The molecule has 0 amide bonds. The van der Waals surface area contributed by atoms with E-state index in [1.165, 1.54) is 11.1 Å². The van der Waals surface area contributed by atoms with Crippen molar-refractivity contribution in [2.24, 2.45) is 0 Å². The average Bonchev–Trinajstić information content (AvgIpc) is 2.51. The molecule has 0 aliphatic rings. The predicted molar refractivity (Wildman–Crippen MR) is 87.2 cm³/mol. The topological polar surface area (TPSA) is 53.9 Å². The number of hydrogen-bond acceptors (Lipinski definition) is 5. The first-order valence-corrected chi connectivity index (χ1v) is 7.49. The molecule has 0 radical (unpaired) electrons. The Hall–Kier alpha value is -2.17. The maximum absolute atomic E-state index is 4.57. The minimum absolute atomic E-state index is 0.664. The number of nitrogens with one attached hydrogen (secondary N) is 1. The van der Waals surface area contributed by atoms with Crippen molar-refractivity contribution in [3.05, 3.63) is 35.5 Å². The van der Waals surface area contributed by atoms with E-state index < -0.39 is 0 Å². The zero-order valence-electron chi connectivity index (χ0n) is 13.2. The molecule has 21 heavy (non-hydrogen) atoms. The third kappa shape index (κ3) is 3.48. The molecule has 2 aromatic rings. The lowest BCUT2D eigenvalue weighted by molar-refractivity contribution is 0.796. The molecule has 0 saturated heterocycles. The molecule has 0 aliphatic heterocycles. The molecule has 0 atom stereocenters. The zero-order valence-corrected chi connectivity index (χ0v) is 13.2. The molecule has 112 valence electrons. The van der Waals surface area contributed by atoms with E-state index in [1.807, 2.05) is 0 Å². The van der Waals surface area contributed by atoms with E-state index in [1.54, 1.807) is 6.20 Å². The van der Waals surface area contributed by atoms with E-state index in [0.29, 0.717) is 5.95 Å². The van der Waals surface area contributed by atoms with Gasteiger partial charge in [0.2, 0.25) is 5.95 Å². The fourth-order valence-electron chi connectivity index (χ4n) is 2.32. The minimum Gasteiger partial charge on any atom is -0.340 e. The predicted octanol–water partition coefficient (Wildman–Crippen LogP) is 3.33. The van der Waals surface area contributed by atoms with E-state index in [9.17, 15) is 0 Å². The van der Waals surface area contributed by atoms with Crippen LogP contribution in [0.3, 0.4) is 0 Å². The van der Waals surface area contributed by atoms with Crippen LogP contribution in [0.4, 0.5) is 17.5 Å². The highest BCUT2D eigenvalue weighted by Gasteiger charge is 2.09. The number of aryl methyl sites for hydroxylation is 2. The number of hydrogen-bond donors (Lipinski definition) is 1. The molecule has 0 fully saturated rings. The van der Waals surface area contributed by atoms with Crippen molar-refractivity contribution in [3.8, 4) is 0 Å². The van der Waals surface area contributed by atoms with Crippen LogP contribution in [0.2, 0.25) is 0 Å². The normalized spacial score (nSPS) is 10.5. The molecule has 0 aliphatic carbocycles. The van der Waals surface area contributed by atoms with Gasteiger partial charge in [-0.15, -0.1) is 5.10 Å². The van der Waals surface area contributed by atoms with Gasteiger partial charge in [-0.3, -0.25) is 0 Å². The Morgan fingerprint density at radius 1 is 1.14 bits per heavy atom. The van der Waals surface area contributed by atoms with Gasteiger partial charge in [-0.05, 0) is 38.3 Å². The van der Waals surface area contributed by atoms with Crippen LogP contribution in [0.15, 0.2) is 24.4 Å². The number of benzene rings is 1. The molecule has 1 N–H and O–H groups in total. The van der Waals surface area contributed by atoms with Gasteiger partial charge in [0.1, 0.15) is 0 Å². The van der Waals surface area contributed by atoms with E-state index in [2.05, 4.69) is 71.3 Å². The van der Waals surface area contributed by atoms with E-state index >= 15 is 0 Å². The molecule has 5 heteroatoms. The number of anilines is 3. The number of aromatic nitrogens is 3. The van der Waals surface area contributed by atoms with Crippen molar-refractivity contribution in [1.82, 2.24) is 15.2 Å². The maximum Gasteiger partial charge on any atom is 0.247 e. The monoisotopic (exact) mass is 285 g/mol. The van der Waals surface area contributed by atoms with Gasteiger partial charge in [0.15, 0.2) is 5.82 Å². The van der Waals surface area contributed by atoms with Gasteiger partial charge in [-0.2, -0.15) is 10.1 Å². The molecule has 1 aromatic heterocycles. The second kappa shape index (κ2) is 7.02. The van der Waals surface area contributed by atoms with Crippen molar-refractivity contribution in [2.75, 3.05) is 23.3 Å². The summed E-state index contributed by atoms with van der Waals surface area (Å²) in [7, 11) is 0. The molecule has 0 bridgehead atoms. The summed E-state index contributed by atoms with van der Waals surface area (Å²) < 4.78 is 0. The fourth-order valence-corrected chi connectivity index (χ4v) is 2.32. The molecular formula is C16H23N5. The fraction of sp³-hybridized carbons (Fsp3) is 0.438. The molecular weight excluding hydrogens is 262 g/mol. The third-order valence-corrected chi connectivity index (χ3v) is 3.59. The van der Waals surface area contributed by atoms with Gasteiger partial charge in [0.25, 0.3) is 0 Å². The largest absolute Gasteiger partial charge is 0.340 e. The molecule has 0 saturated carbocycles. The van der Waals surface area contributed by atoms with Crippen LogP contribution in [0.5, 0.6) is 0 Å². The van der Waals surface area contributed by atoms with Crippen molar-refractivity contribution in [2.45, 2.75) is 34.1 Å². The Kier molecular flexibility index (Phi) is 5.09. The van der Waals surface area contributed by atoms with E-state index in [-0.39, 0.29) is 0 Å². The highest BCUT2D eigenvalue weighted by Crippen LogP contribution is 2.24. The molecule has 2 rings (SSSR count). The minimum atomic E-state index is 0.664. The summed E-state index contributed by atoms with van der Waals surface area (Å²) in [6.07, 6.45) is 2.64. The van der Waals surface area contributed by atoms with Crippen LogP contribution in [0.1, 0.15) is 31.9 Å². The van der Waals surface area contributed by atoms with Crippen LogP contribution in [0, 0.1) is 6.92 Å². The summed E-state index contributed by atoms with van der Waals surface area (Å²) in [5, 5.41) is 11.6. The Balaban J connectivity index is 2.30. The van der Waals surface area contributed by atoms with Gasteiger partial charge in [-0.1, -0.05) is 25.1 Å². The Morgan fingerprint density at radius 3 is 2.57 bits per heavy atom. The van der Waals surface area contributed by atoms with Crippen LogP contribution >= 0.6 is 0 Å². The summed E-state index contributed by atoms with van der Waals surface area (Å²) in [6.45, 7) is 10.2. The summed E-state index contributed by atoms with van der Waals surface area (Å²) in [4.78, 5) is 6.65. The summed E-state index contributed by atoms with van der Waals surface area (Å²) >= 11 is 0. The molecule has 0 spiro atoms. The second-order valence-corrected chi connectivity index (χ2v) is 4.90. The van der Waals surface area contributed by atoms with Crippen molar-refractivity contribution < 1.29 is 0 Å². The Labute approximate surface area is 126 Å². The van der Waals surface area contributed by atoms with E-state index in [0.717, 1.165) is 31.0 Å². The smallest absolute Gasteiger partial charge is 0.247 e. The first-order chi connectivity index (χ1) is 10.2. The SMILES string of the molecule is CCc1cccc(C)c1Nc1cnnc(N(CC)CC)n1. The molecule has 5 nitrogen and oxygen atoms in total. The molecule has 1 heterocycles. The number of nitrogens with zero attached hydrogens (tertiary/aromatic N) is 4. The summed E-state index contributed by atoms with van der Waals surface area (Å²) in [6, 6.07) is 6.32. The second-order valence-electron chi connectivity index (χ2n) is 4.90. The molecule has 0 unspecified atom stereocenters. The Morgan fingerprint density at radius 2 is 1.90 bits per heavy atom. The summed E-state index contributed by atoms with van der Waals surface area (Å²) in [5.74, 6) is 1.40. The van der Waals surface area contributed by atoms with Gasteiger partial charge < -0.3 is 10.2 Å². The zero-order chi connectivity index (χ0) is 15.2. The standard InChI is InChI=1S/C16H23N5/c1-5-13-10-8-9-12(4)15(13)18-14-11-17-20-16(19-14)21(6-2)7-3/h8-11H,5-7H2,1-4H3,(H,18,19,20). The van der Waals surface area contributed by atoms with Crippen LogP contribution in [-0.2, 0) is 6.42 Å². The quantitative estimate of drug-likeness (QED) is 0.882. The van der Waals surface area contributed by atoms with Gasteiger partial charge in [0.05, 0.1) is 6.20 Å². The van der Waals surface area contributed by atoms with Crippen LogP contribution in [-0.4, -0.2) is 28.3 Å². The highest BCUT2D eigenvalue weighted by molar-refractivity contribution is 5.64. The van der Waals surface area contributed by atoms with E-state index in [4.69, 9.17) is 0 Å². The van der Waals surface area contributed by atoms with Crippen LogP contribution in [0.25, 0.3) is 0 Å². The maximum atomic E-state index is 4.57. The summed E-state index contributed by atoms with van der Waals surface area (Å²) in [5.41, 5.74) is 3.60. The first kappa shape index (κ1) is 15.2. The Bertz CT molecular complexity index is 593. The lowest BCUT2D eigenvalue weighted by atomic mass is 10.1. The van der Waals surface area contributed by atoms with Gasteiger partial charge >= 0.3 is 0 Å². The van der Waals surface area contributed by atoms with Crippen molar-refractivity contribution >= 4 is 17.5 Å². The third-order valence-electron chi connectivity index (χ3n) is 3.59. The van der Waals surface area contributed by atoms with Crippen molar-refractivity contribution in [3.63, 3.8) is 0 Å². The lowest BCUT2D eigenvalue weighted by Crippen LogP contribution is -2.24. The van der Waals surface area contributed by atoms with Gasteiger partial charge in [-0.25, -0.2) is 0 Å². The lowest BCUT2D eigenvalue weighted by Gasteiger charge is -2.19. The average molecular weight is 285 g/mol. The van der Waals surface area contributed by atoms with Crippen molar-refractivity contribution in [1.29, 1.82) is 0 Å². The first-order valence-electron chi connectivity index (χ1n) is 7.49. The van der Waals surface area contributed by atoms with Gasteiger partial charge in [0, 0.05) is 18.8 Å². The highest BCUT2D eigenvalue weighted by atomic mass is 15.3. The van der Waals surface area contributed by atoms with Crippen LogP contribution < -0.4 is 10.2 Å². The number of rotatable bonds is 6. The number of para-hydroxylation sites is 1.